The number of rotatable bonds is 3. The van der Waals surface area contributed by atoms with Gasteiger partial charge in [0.2, 0.25) is 5.69 Å². The summed E-state index contributed by atoms with van der Waals surface area (Å²) in [7, 11) is 0. The van der Waals surface area contributed by atoms with E-state index in [9.17, 15) is 0 Å². The predicted molar refractivity (Wildman–Crippen MR) is 129 cm³/mol. The molecule has 3 nitrogen and oxygen atoms in total. The largest absolute Gasteiger partial charge is 0.305 e. The molecule has 0 fully saturated rings. The van der Waals surface area contributed by atoms with Gasteiger partial charge >= 0.3 is 0 Å². The minimum absolute atomic E-state index is 0. The van der Waals surface area contributed by atoms with Crippen molar-refractivity contribution in [3.05, 3.63) is 139 Å². The molecule has 0 bridgehead atoms. The second-order valence-corrected chi connectivity index (χ2v) is 6.83. The zero-order valence-electron chi connectivity index (χ0n) is 17.6. The van der Waals surface area contributed by atoms with E-state index in [-0.39, 0.29) is 20.1 Å². The van der Waals surface area contributed by atoms with Gasteiger partial charge in [0.25, 0.3) is 0 Å². The van der Waals surface area contributed by atoms with Crippen LogP contribution in [0.15, 0.2) is 116 Å². The molecule has 0 unspecified atom stereocenters. The standard InChI is InChI=1S/C18H11N2.C11H8N.Ir/c1-19-17-10-6-5-9-16(17)18-13-15(11-12-20-18)14-7-3-2-4-8-14;1-2-6-10(7-3-1)11-8-4-5-9-12-11;/h2-8,10-13H;1-6,8-9H;/q2*-1;. The molecule has 0 aliphatic heterocycles. The first kappa shape index (κ1) is 23.8. The van der Waals surface area contributed by atoms with Gasteiger partial charge in [0.1, 0.15) is 6.57 Å². The maximum Gasteiger partial charge on any atom is 0.235 e. The van der Waals surface area contributed by atoms with Gasteiger partial charge in [-0.25, -0.2) is 0 Å². The molecule has 33 heavy (non-hydrogen) atoms. The third-order valence-corrected chi connectivity index (χ3v) is 4.73. The molecule has 3 aromatic carbocycles. The monoisotopic (exact) mass is 602 g/mol. The Labute approximate surface area is 208 Å². The topological polar surface area (TPSA) is 30.1 Å². The number of aromatic nitrogens is 2. The Morgan fingerprint density at radius 1 is 0.636 bits per heavy atom. The number of benzene rings is 3. The Morgan fingerprint density at radius 2 is 1.39 bits per heavy atom. The molecule has 0 aliphatic carbocycles. The molecule has 0 aliphatic rings. The Bertz CT molecular complexity index is 1280. The van der Waals surface area contributed by atoms with Crippen LogP contribution in [0.25, 0.3) is 38.5 Å². The minimum atomic E-state index is 0. The molecule has 4 heteroatoms. The molecular weight excluding hydrogens is 583 g/mol. The van der Waals surface area contributed by atoms with Gasteiger partial charge in [-0.1, -0.05) is 54.6 Å². The van der Waals surface area contributed by atoms with Crippen molar-refractivity contribution in [1.29, 1.82) is 0 Å². The maximum absolute atomic E-state index is 7.23. The second kappa shape index (κ2) is 12.2. The van der Waals surface area contributed by atoms with Crippen LogP contribution in [0.3, 0.4) is 0 Å². The van der Waals surface area contributed by atoms with Crippen LogP contribution < -0.4 is 0 Å². The Balaban J connectivity index is 0.000000202. The van der Waals surface area contributed by atoms with E-state index in [1.165, 1.54) is 0 Å². The van der Waals surface area contributed by atoms with Crippen LogP contribution in [0.5, 0.6) is 0 Å². The predicted octanol–water partition coefficient (Wildman–Crippen LogP) is 7.31. The van der Waals surface area contributed by atoms with Crippen LogP contribution in [0.1, 0.15) is 0 Å². The summed E-state index contributed by atoms with van der Waals surface area (Å²) in [5.74, 6) is 0. The first-order valence-electron chi connectivity index (χ1n) is 10.1. The zero-order valence-corrected chi connectivity index (χ0v) is 20.0. The second-order valence-electron chi connectivity index (χ2n) is 6.83. The van der Waals surface area contributed by atoms with Gasteiger partial charge in [0, 0.05) is 32.5 Å². The molecule has 0 spiro atoms. The third kappa shape index (κ3) is 6.30. The summed E-state index contributed by atoms with van der Waals surface area (Å²) in [6, 6.07) is 39.4. The van der Waals surface area contributed by atoms with Crippen LogP contribution in [-0.2, 0) is 20.1 Å². The molecule has 161 valence electrons. The Hall–Kier alpha value is -3.90. The van der Waals surface area contributed by atoms with Crippen molar-refractivity contribution in [2.45, 2.75) is 0 Å². The van der Waals surface area contributed by atoms with Crippen LogP contribution in [0.4, 0.5) is 5.69 Å². The average Bonchev–Trinajstić information content (AvgIpc) is 2.91. The Morgan fingerprint density at radius 3 is 2.12 bits per heavy atom. The van der Waals surface area contributed by atoms with Gasteiger partial charge in [-0.3, -0.25) is 0 Å². The zero-order chi connectivity index (χ0) is 22.0. The summed E-state index contributed by atoms with van der Waals surface area (Å²) in [5, 5.41) is 0. The van der Waals surface area contributed by atoms with Gasteiger partial charge in [0.15, 0.2) is 0 Å². The normalized spacial score (nSPS) is 9.55. The molecule has 2 heterocycles. The van der Waals surface area contributed by atoms with Crippen molar-refractivity contribution in [2.75, 3.05) is 0 Å². The summed E-state index contributed by atoms with van der Waals surface area (Å²) in [6.45, 7) is 7.23. The fraction of sp³-hybridized carbons (Fsp3) is 0. The molecule has 0 amide bonds. The van der Waals surface area contributed by atoms with Gasteiger partial charge in [-0.2, -0.15) is 4.85 Å². The fourth-order valence-corrected chi connectivity index (χ4v) is 3.18. The van der Waals surface area contributed by atoms with Crippen molar-refractivity contribution in [3.63, 3.8) is 0 Å². The van der Waals surface area contributed by atoms with Crippen LogP contribution in [0.2, 0.25) is 0 Å². The van der Waals surface area contributed by atoms with E-state index in [1.54, 1.807) is 24.5 Å². The first-order chi connectivity index (χ1) is 15.8. The van der Waals surface area contributed by atoms with Crippen LogP contribution in [-0.4, -0.2) is 9.97 Å². The molecule has 0 atom stereocenters. The van der Waals surface area contributed by atoms with Gasteiger partial charge in [-0.15, -0.1) is 54.1 Å². The third-order valence-electron chi connectivity index (χ3n) is 4.73. The van der Waals surface area contributed by atoms with Gasteiger partial charge in [0.05, 0.1) is 0 Å². The smallest absolute Gasteiger partial charge is 0.235 e. The summed E-state index contributed by atoms with van der Waals surface area (Å²) < 4.78 is 0. The summed E-state index contributed by atoms with van der Waals surface area (Å²) >= 11 is 0. The minimum Gasteiger partial charge on any atom is -0.305 e. The Kier molecular flexibility index (Phi) is 8.79. The molecule has 2 aromatic heterocycles. The molecule has 5 rings (SSSR count). The van der Waals surface area contributed by atoms with Gasteiger partial charge in [-0.05, 0) is 40.2 Å². The summed E-state index contributed by atoms with van der Waals surface area (Å²) in [5.41, 5.74) is 6.33. The van der Waals surface area contributed by atoms with Gasteiger partial charge < -0.3 is 9.97 Å². The summed E-state index contributed by atoms with van der Waals surface area (Å²) in [4.78, 5) is 12.1. The van der Waals surface area contributed by atoms with E-state index in [4.69, 9.17) is 6.57 Å². The van der Waals surface area contributed by atoms with Crippen molar-refractivity contribution in [3.8, 4) is 33.6 Å². The number of pyridine rings is 2. The number of nitrogens with zero attached hydrogens (tertiary/aromatic N) is 3. The molecule has 0 saturated carbocycles. The van der Waals surface area contributed by atoms with Crippen molar-refractivity contribution in [2.24, 2.45) is 0 Å². The van der Waals surface area contributed by atoms with Crippen molar-refractivity contribution < 1.29 is 20.1 Å². The molecular formula is C29H19IrN3-2. The molecule has 0 N–H and O–H groups in total. The van der Waals surface area contributed by atoms with E-state index < -0.39 is 0 Å². The van der Waals surface area contributed by atoms with Crippen LogP contribution in [0, 0.1) is 18.7 Å². The first-order valence-corrected chi connectivity index (χ1v) is 10.1. The van der Waals surface area contributed by atoms with Crippen molar-refractivity contribution in [1.82, 2.24) is 9.97 Å². The van der Waals surface area contributed by atoms with E-state index in [1.807, 2.05) is 78.9 Å². The number of hydrogen-bond acceptors (Lipinski definition) is 2. The average molecular weight is 602 g/mol. The van der Waals surface area contributed by atoms with E-state index in [2.05, 4.69) is 39.1 Å². The quantitative estimate of drug-likeness (QED) is 0.203. The SMILES string of the molecule is [C-]#[N+]c1ccc[c-]c1-c1cc(-c2ccccc2)ccn1.[Ir].[c-]1ccccc1-c1ccccn1. The molecule has 1 radical (unpaired) electrons. The maximum atomic E-state index is 7.23. The number of hydrogen-bond donors (Lipinski definition) is 0. The van der Waals surface area contributed by atoms with Crippen LogP contribution >= 0.6 is 0 Å². The van der Waals surface area contributed by atoms with E-state index >= 15 is 0 Å². The van der Waals surface area contributed by atoms with Crippen molar-refractivity contribution >= 4 is 5.69 Å². The van der Waals surface area contributed by atoms with E-state index in [0.29, 0.717) is 5.69 Å². The summed E-state index contributed by atoms with van der Waals surface area (Å²) in [6.07, 6.45) is 3.56. The van der Waals surface area contributed by atoms with E-state index in [0.717, 1.165) is 33.6 Å². The molecule has 0 saturated heterocycles. The molecule has 5 aromatic rings. The fourth-order valence-electron chi connectivity index (χ4n) is 3.18.